The highest BCUT2D eigenvalue weighted by Crippen LogP contribution is 2.69. The lowest BCUT2D eigenvalue weighted by molar-refractivity contribution is -0.143. The van der Waals surface area contributed by atoms with Gasteiger partial charge >= 0.3 is 0 Å². The van der Waals surface area contributed by atoms with Crippen molar-refractivity contribution in [2.24, 2.45) is 34.5 Å². The second kappa shape index (κ2) is 4.47. The van der Waals surface area contributed by atoms with Gasteiger partial charge in [0, 0.05) is 36.0 Å². The molecule has 3 nitrogen and oxygen atoms in total. The van der Waals surface area contributed by atoms with Gasteiger partial charge in [0.05, 0.1) is 12.2 Å². The Morgan fingerprint density at radius 2 is 1.87 bits per heavy atom. The van der Waals surface area contributed by atoms with E-state index in [1.807, 2.05) is 0 Å². The molecule has 0 aromatic rings. The Kier molecular flexibility index (Phi) is 2.84. The Bertz CT molecular complexity index is 583. The average molecular weight is 316 g/mol. The minimum Gasteiger partial charge on any atom is -0.374 e. The summed E-state index contributed by atoms with van der Waals surface area (Å²) in [4.78, 5) is 24.6. The molecular formula is C20H28O3. The summed E-state index contributed by atoms with van der Waals surface area (Å²) in [5, 5.41) is 0. The van der Waals surface area contributed by atoms with Gasteiger partial charge in [0.15, 0.2) is 0 Å². The number of ketones is 2. The molecule has 0 spiro atoms. The van der Waals surface area contributed by atoms with Crippen LogP contribution in [0.4, 0.5) is 0 Å². The highest BCUT2D eigenvalue weighted by Gasteiger charge is 2.68. The minimum atomic E-state index is -0.0577. The third-order valence-electron chi connectivity index (χ3n) is 8.90. The number of hydrogen-bond acceptors (Lipinski definition) is 3. The zero-order valence-electron chi connectivity index (χ0n) is 14.3. The summed E-state index contributed by atoms with van der Waals surface area (Å²) in [6.45, 7) is 4.50. The summed E-state index contributed by atoms with van der Waals surface area (Å²) in [5.74, 6) is 3.32. The molecular weight excluding hydrogens is 288 g/mol. The topological polar surface area (TPSA) is 43.4 Å². The fourth-order valence-corrected chi connectivity index (χ4v) is 7.85. The smallest absolute Gasteiger partial charge is 0.139 e. The van der Waals surface area contributed by atoms with E-state index < -0.39 is 0 Å². The van der Waals surface area contributed by atoms with Crippen LogP contribution >= 0.6 is 0 Å². The summed E-state index contributed by atoms with van der Waals surface area (Å²) < 4.78 is 6.43. The number of Topliss-reactive ketones (excluding diaryl/α,β-unsaturated/α-hetero) is 2. The Labute approximate surface area is 138 Å². The van der Waals surface area contributed by atoms with E-state index in [4.69, 9.17) is 4.74 Å². The summed E-state index contributed by atoms with van der Waals surface area (Å²) in [6.07, 6.45) is 8.33. The van der Waals surface area contributed by atoms with Crippen molar-refractivity contribution in [3.05, 3.63) is 0 Å². The van der Waals surface area contributed by atoms with Crippen LogP contribution in [0.3, 0.4) is 0 Å². The van der Waals surface area contributed by atoms with Crippen LogP contribution in [0.25, 0.3) is 0 Å². The van der Waals surface area contributed by atoms with E-state index in [1.54, 1.807) is 0 Å². The maximum absolute atomic E-state index is 12.5. The van der Waals surface area contributed by atoms with Gasteiger partial charge in [-0.15, -0.1) is 0 Å². The summed E-state index contributed by atoms with van der Waals surface area (Å²) in [6, 6.07) is 0. The van der Waals surface area contributed by atoms with E-state index in [2.05, 4.69) is 13.8 Å². The maximum atomic E-state index is 12.5. The molecule has 5 aliphatic rings. The van der Waals surface area contributed by atoms with Crippen molar-refractivity contribution in [1.29, 1.82) is 0 Å². The first-order valence-electron chi connectivity index (χ1n) is 9.67. The summed E-state index contributed by atoms with van der Waals surface area (Å²) >= 11 is 0. The molecule has 1 aliphatic heterocycles. The molecule has 5 rings (SSSR count). The Morgan fingerprint density at radius 1 is 1.04 bits per heavy atom. The van der Waals surface area contributed by atoms with Crippen LogP contribution in [-0.2, 0) is 14.3 Å². The van der Waals surface area contributed by atoms with Gasteiger partial charge in [0.2, 0.25) is 0 Å². The Morgan fingerprint density at radius 3 is 2.70 bits per heavy atom. The van der Waals surface area contributed by atoms with Crippen LogP contribution in [0.1, 0.15) is 65.2 Å². The molecule has 0 aromatic carbocycles. The van der Waals surface area contributed by atoms with E-state index in [0.29, 0.717) is 41.3 Å². The fourth-order valence-electron chi connectivity index (χ4n) is 7.85. The van der Waals surface area contributed by atoms with Gasteiger partial charge in [-0.2, -0.15) is 0 Å². The largest absolute Gasteiger partial charge is 0.374 e. The van der Waals surface area contributed by atoms with Crippen molar-refractivity contribution in [3.8, 4) is 0 Å². The van der Waals surface area contributed by atoms with Gasteiger partial charge in [0.25, 0.3) is 0 Å². The highest BCUT2D eigenvalue weighted by atomic mass is 16.5. The van der Waals surface area contributed by atoms with Crippen molar-refractivity contribution in [1.82, 2.24) is 0 Å². The summed E-state index contributed by atoms with van der Waals surface area (Å²) in [7, 11) is 0. The van der Waals surface area contributed by atoms with Crippen LogP contribution in [-0.4, -0.2) is 23.8 Å². The van der Waals surface area contributed by atoms with Gasteiger partial charge in [-0.25, -0.2) is 0 Å². The monoisotopic (exact) mass is 316 g/mol. The average Bonchev–Trinajstić information content (AvgIpc) is 2.92. The molecule has 0 amide bonds. The van der Waals surface area contributed by atoms with E-state index in [1.165, 1.54) is 6.42 Å². The van der Waals surface area contributed by atoms with Gasteiger partial charge in [-0.05, 0) is 56.8 Å². The molecule has 1 heterocycles. The normalized spacial score (nSPS) is 57.8. The molecule has 1 saturated heterocycles. The molecule has 0 N–H and O–H groups in total. The number of hydrogen-bond donors (Lipinski definition) is 0. The zero-order chi connectivity index (χ0) is 16.0. The van der Waals surface area contributed by atoms with Crippen molar-refractivity contribution >= 4 is 11.6 Å². The fraction of sp³-hybridized carbons (Fsp3) is 0.900. The minimum absolute atomic E-state index is 0.0577. The molecule has 0 radical (unpaired) electrons. The van der Waals surface area contributed by atoms with Gasteiger partial charge in [-0.3, -0.25) is 9.59 Å². The third kappa shape index (κ3) is 1.61. The molecule has 23 heavy (non-hydrogen) atoms. The van der Waals surface area contributed by atoms with Crippen molar-refractivity contribution in [3.63, 3.8) is 0 Å². The molecule has 8 atom stereocenters. The van der Waals surface area contributed by atoms with E-state index >= 15 is 0 Å². The number of carbonyl (C=O) groups is 2. The first kappa shape index (κ1) is 14.6. The van der Waals surface area contributed by atoms with E-state index in [9.17, 15) is 9.59 Å². The molecule has 4 saturated carbocycles. The zero-order valence-corrected chi connectivity index (χ0v) is 14.3. The Balaban J connectivity index is 1.56. The van der Waals surface area contributed by atoms with Gasteiger partial charge in [0.1, 0.15) is 11.6 Å². The number of carbonyl (C=O) groups excluding carboxylic acids is 2. The molecule has 0 aromatic heterocycles. The molecule has 126 valence electrons. The van der Waals surface area contributed by atoms with Crippen LogP contribution < -0.4 is 0 Å². The number of rotatable bonds is 0. The second-order valence-corrected chi connectivity index (χ2v) is 9.31. The van der Waals surface area contributed by atoms with Crippen LogP contribution in [0, 0.1) is 34.5 Å². The van der Waals surface area contributed by atoms with Crippen LogP contribution in [0.5, 0.6) is 0 Å². The molecule has 5 fully saturated rings. The predicted octanol–water partition coefficient (Wildman–Crippen LogP) is 3.54. The lowest BCUT2D eigenvalue weighted by atomic mass is 9.44. The lowest BCUT2D eigenvalue weighted by Gasteiger charge is -2.58. The predicted molar refractivity (Wildman–Crippen MR) is 85.8 cm³/mol. The number of ether oxygens (including phenoxy) is 1. The first-order chi connectivity index (χ1) is 11.0. The highest BCUT2D eigenvalue weighted by molar-refractivity contribution is 5.87. The molecule has 3 heteroatoms. The second-order valence-electron chi connectivity index (χ2n) is 9.31. The van der Waals surface area contributed by atoms with Gasteiger partial charge in [-0.1, -0.05) is 6.92 Å². The maximum Gasteiger partial charge on any atom is 0.139 e. The van der Waals surface area contributed by atoms with Crippen LogP contribution in [0.15, 0.2) is 0 Å². The first-order valence-corrected chi connectivity index (χ1v) is 9.67. The molecule has 2 bridgehead atoms. The van der Waals surface area contributed by atoms with Gasteiger partial charge < -0.3 is 4.74 Å². The third-order valence-corrected chi connectivity index (χ3v) is 8.90. The van der Waals surface area contributed by atoms with E-state index in [0.717, 1.165) is 44.9 Å². The quantitative estimate of drug-likeness (QED) is 0.686. The van der Waals surface area contributed by atoms with Crippen molar-refractivity contribution in [2.45, 2.75) is 77.4 Å². The standard InChI is InChI=1S/C20H28O3/c1-11-20-8-5-12(21)9-16(20)17(23-11)10-13-14-3-4-18(22)19(14,2)7-6-15(13)20/h11,13-17H,3-10H2,1-2H3/t11-,13+,14+,15?,16?,17-,19+,20+/m1/s1. The van der Waals surface area contributed by atoms with Crippen LogP contribution in [0.2, 0.25) is 0 Å². The molecule has 2 unspecified atom stereocenters. The lowest BCUT2D eigenvalue weighted by Crippen LogP contribution is -2.57. The summed E-state index contributed by atoms with van der Waals surface area (Å²) in [5.41, 5.74) is 0.173. The Hall–Kier alpha value is -0.700. The van der Waals surface area contributed by atoms with Crippen molar-refractivity contribution in [2.75, 3.05) is 0 Å². The molecule has 4 aliphatic carbocycles. The number of fused-ring (bicyclic) bond motifs is 3. The SMILES string of the molecule is C[C@H]1O[C@@H]2C[C@@H]3C(CC[C@]4(C)C(=O)CC[C@@H]34)[C@]13CCC(=O)CC23. The van der Waals surface area contributed by atoms with Crippen molar-refractivity contribution < 1.29 is 14.3 Å². The van der Waals surface area contributed by atoms with E-state index in [-0.39, 0.29) is 16.9 Å².